The molecule has 2 heterocycles. The van der Waals surface area contributed by atoms with Crippen LogP contribution in [0.5, 0.6) is 23.0 Å². The lowest BCUT2D eigenvalue weighted by Crippen LogP contribution is -2.33. The largest absolute Gasteiger partial charge is 0.505 e. The van der Waals surface area contributed by atoms with Gasteiger partial charge in [0.05, 0.1) is 25.6 Å². The minimum atomic E-state index is -1.37. The lowest BCUT2D eigenvalue weighted by Gasteiger charge is -2.37. The first-order valence-electron chi connectivity index (χ1n) is 8.34. The molecule has 10 heteroatoms. The predicted molar refractivity (Wildman–Crippen MR) is 126 cm³/mol. The van der Waals surface area contributed by atoms with Gasteiger partial charge in [0.25, 0.3) is 0 Å². The van der Waals surface area contributed by atoms with Gasteiger partial charge < -0.3 is 19.7 Å². The van der Waals surface area contributed by atoms with Crippen molar-refractivity contribution in [3.05, 3.63) is 70.5 Å². The molecule has 152 valence electrons. The fourth-order valence-corrected chi connectivity index (χ4v) is 6.42. The van der Waals surface area contributed by atoms with Crippen LogP contribution < -0.4 is 4.74 Å². The van der Waals surface area contributed by atoms with E-state index >= 15 is 0 Å². The molecule has 2 N–H and O–H groups in total. The van der Waals surface area contributed by atoms with Crippen LogP contribution in [-0.2, 0) is 10.3 Å². The molecule has 0 amide bonds. The van der Waals surface area contributed by atoms with Crippen molar-refractivity contribution in [3.63, 3.8) is 0 Å². The molecule has 3 aromatic carbocycles. The zero-order valence-corrected chi connectivity index (χ0v) is 21.7. The Morgan fingerprint density at radius 3 is 1.90 bits per heavy atom. The third-order valence-electron chi connectivity index (χ3n) is 5.11. The Labute approximate surface area is 209 Å². The molecule has 5 rings (SSSR count). The van der Waals surface area contributed by atoms with Crippen molar-refractivity contribution in [3.8, 4) is 23.0 Å². The monoisotopic (exact) mass is 676 g/mol. The van der Waals surface area contributed by atoms with Crippen molar-refractivity contribution in [2.24, 2.45) is 0 Å². The number of halogens is 4. The molecular weight excluding hydrogens is 672 g/mol. The molecule has 3 aromatic rings. The van der Waals surface area contributed by atoms with Crippen LogP contribution in [-0.4, -0.2) is 16.2 Å². The number of esters is 1. The molecule has 0 bridgehead atoms. The summed E-state index contributed by atoms with van der Waals surface area (Å²) in [5.41, 5.74) is 0.631. The van der Waals surface area contributed by atoms with Gasteiger partial charge in [-0.2, -0.15) is 0 Å². The Kier molecular flexibility index (Phi) is 4.76. The van der Waals surface area contributed by atoms with E-state index in [4.69, 9.17) is 9.47 Å². The summed E-state index contributed by atoms with van der Waals surface area (Å²) in [6, 6.07) is 8.52. The number of rotatable bonds is 0. The van der Waals surface area contributed by atoms with Crippen LogP contribution in [0.2, 0.25) is 0 Å². The van der Waals surface area contributed by atoms with E-state index in [2.05, 4.69) is 76.3 Å². The maximum absolute atomic E-state index is 12.9. The average molecular weight is 680 g/mol. The highest BCUT2D eigenvalue weighted by Gasteiger charge is 2.55. The van der Waals surface area contributed by atoms with Gasteiger partial charge >= 0.3 is 5.97 Å². The van der Waals surface area contributed by atoms with Crippen LogP contribution in [0.15, 0.2) is 53.1 Å². The molecule has 0 unspecified atom stereocenters. The van der Waals surface area contributed by atoms with Gasteiger partial charge in [-0.25, -0.2) is 4.79 Å². The number of benzene rings is 3. The van der Waals surface area contributed by atoms with Gasteiger partial charge in [0.1, 0.15) is 20.4 Å². The number of ether oxygens (including phenoxy) is 2. The van der Waals surface area contributed by atoms with E-state index in [1.54, 1.807) is 30.3 Å². The molecule has 5 nitrogen and oxygen atoms in total. The third kappa shape index (κ3) is 2.60. The molecule has 0 atom stereocenters. The molecule has 0 saturated carbocycles. The molecular formula is C20H8Br4O5S. The Morgan fingerprint density at radius 1 is 0.833 bits per heavy atom. The van der Waals surface area contributed by atoms with Crippen LogP contribution in [0, 0.1) is 0 Å². The summed E-state index contributed by atoms with van der Waals surface area (Å²) in [6.07, 6.45) is 0. The summed E-state index contributed by atoms with van der Waals surface area (Å²) in [5.74, 6) is -0.122. The van der Waals surface area contributed by atoms with E-state index in [-0.39, 0.29) is 31.9 Å². The van der Waals surface area contributed by atoms with Gasteiger partial charge in [0.15, 0.2) is 17.1 Å². The molecule has 1 spiro atoms. The van der Waals surface area contributed by atoms with Crippen LogP contribution in [0.3, 0.4) is 0 Å². The van der Waals surface area contributed by atoms with Crippen molar-refractivity contribution in [2.45, 2.75) is 10.5 Å². The molecule has 0 aliphatic carbocycles. The van der Waals surface area contributed by atoms with Crippen LogP contribution in [0.1, 0.15) is 27.0 Å². The molecule has 30 heavy (non-hydrogen) atoms. The second-order valence-corrected chi connectivity index (χ2v) is 10.5. The zero-order valence-electron chi connectivity index (χ0n) is 14.5. The summed E-state index contributed by atoms with van der Waals surface area (Å²) in [4.78, 5) is 13.6. The van der Waals surface area contributed by atoms with Crippen LogP contribution >= 0.6 is 76.3 Å². The lowest BCUT2D eigenvalue weighted by molar-refractivity contribution is 0.0222. The first-order valence-corrected chi connectivity index (χ1v) is 12.0. The third-order valence-corrected chi connectivity index (χ3v) is 8.07. The van der Waals surface area contributed by atoms with Crippen LogP contribution in [0.25, 0.3) is 0 Å². The van der Waals surface area contributed by atoms with E-state index in [1.165, 1.54) is 0 Å². The van der Waals surface area contributed by atoms with Gasteiger partial charge in [-0.15, -0.1) is 12.6 Å². The molecule has 0 saturated heterocycles. The smallest absolute Gasteiger partial charge is 0.340 e. The van der Waals surface area contributed by atoms with E-state index < -0.39 is 11.6 Å². The maximum Gasteiger partial charge on any atom is 0.340 e. The second kappa shape index (κ2) is 6.90. The number of phenols is 2. The van der Waals surface area contributed by atoms with Gasteiger partial charge in [0.2, 0.25) is 0 Å². The minimum absolute atomic E-state index is 0.0694. The van der Waals surface area contributed by atoms with Crippen molar-refractivity contribution < 1.29 is 24.5 Å². The van der Waals surface area contributed by atoms with Crippen LogP contribution in [0.4, 0.5) is 0 Å². The quantitative estimate of drug-likeness (QED) is 0.176. The highest BCUT2D eigenvalue weighted by atomic mass is 79.9. The number of carbonyl (C=O) groups is 1. The topological polar surface area (TPSA) is 76.0 Å². The Morgan fingerprint density at radius 2 is 1.37 bits per heavy atom. The fourth-order valence-electron chi connectivity index (χ4n) is 3.81. The number of thiol groups is 1. The van der Waals surface area contributed by atoms with Crippen molar-refractivity contribution in [2.75, 3.05) is 0 Å². The highest BCUT2D eigenvalue weighted by molar-refractivity contribution is 9.11. The summed E-state index contributed by atoms with van der Waals surface area (Å²) in [5, 5.41) is 20.9. The summed E-state index contributed by atoms with van der Waals surface area (Å²) in [7, 11) is 0. The molecule has 0 aromatic heterocycles. The lowest BCUT2D eigenvalue weighted by atomic mass is 9.77. The van der Waals surface area contributed by atoms with Gasteiger partial charge in [0, 0.05) is 10.5 Å². The van der Waals surface area contributed by atoms with Crippen molar-refractivity contribution in [1.82, 2.24) is 0 Å². The Balaban J connectivity index is 1.98. The van der Waals surface area contributed by atoms with E-state index in [0.717, 1.165) is 0 Å². The fraction of sp³-hybridized carbons (Fsp3) is 0.0500. The number of carbonyl (C=O) groups excluding carboxylic acids is 1. The zero-order chi connectivity index (χ0) is 21.5. The first-order chi connectivity index (χ1) is 14.2. The SMILES string of the molecule is O=C1OC2(c3ccc(S)cc31)c1cc(Br)c(O)c(Br)c1Oc1c2cc(Br)c(O)c1Br. The van der Waals surface area contributed by atoms with Gasteiger partial charge in [-0.05, 0) is 88.0 Å². The Bertz CT molecular complexity index is 1240. The first kappa shape index (κ1) is 20.7. The minimum Gasteiger partial charge on any atom is -0.505 e. The molecule has 2 aliphatic heterocycles. The van der Waals surface area contributed by atoms with E-state index in [0.29, 0.717) is 36.1 Å². The molecule has 0 fully saturated rings. The highest BCUT2D eigenvalue weighted by Crippen LogP contribution is 2.62. The Hall–Kier alpha value is -1.20. The summed E-state index contributed by atoms with van der Waals surface area (Å²) < 4.78 is 13.5. The van der Waals surface area contributed by atoms with E-state index in [1.807, 2.05) is 0 Å². The summed E-state index contributed by atoms with van der Waals surface area (Å²) in [6.45, 7) is 0. The number of hydrogen-bond donors (Lipinski definition) is 3. The number of aromatic hydroxyl groups is 2. The van der Waals surface area contributed by atoms with Crippen molar-refractivity contribution >= 4 is 82.3 Å². The van der Waals surface area contributed by atoms with Gasteiger partial charge in [-0.3, -0.25) is 0 Å². The summed E-state index contributed by atoms with van der Waals surface area (Å²) >= 11 is 17.8. The van der Waals surface area contributed by atoms with Crippen molar-refractivity contribution in [1.29, 1.82) is 0 Å². The van der Waals surface area contributed by atoms with Gasteiger partial charge in [-0.1, -0.05) is 6.07 Å². The number of fused-ring (bicyclic) bond motifs is 6. The number of hydrogen-bond acceptors (Lipinski definition) is 6. The second-order valence-electron chi connectivity index (χ2n) is 6.70. The molecule has 0 radical (unpaired) electrons. The maximum atomic E-state index is 12.9. The predicted octanol–water partition coefficient (Wildman–Crippen LogP) is 7.00. The molecule has 2 aliphatic rings. The normalized spacial score (nSPS) is 15.3. The van der Waals surface area contributed by atoms with E-state index in [9.17, 15) is 15.0 Å². The standard InChI is InChI=1S/C20H8Br4O5S/c21-11-4-9-17(13(23)15(11)25)28-18-10(5-12(22)16(26)14(18)24)20(9)8-2-1-6(30)3-7(8)19(27)29-20/h1-5,25-26,30H. The number of phenolic OH excluding ortho intramolecular Hbond substituents is 2. The average Bonchev–Trinajstić information content (AvgIpc) is 2.99.